The van der Waals surface area contributed by atoms with E-state index < -0.39 is 0 Å². The molecule has 4 rings (SSSR count). The summed E-state index contributed by atoms with van der Waals surface area (Å²) in [5.41, 5.74) is 4.43. The highest BCUT2D eigenvalue weighted by molar-refractivity contribution is 9.10. The van der Waals surface area contributed by atoms with Crippen molar-refractivity contribution in [2.45, 2.75) is 18.9 Å². The number of aromatic nitrogens is 1. The van der Waals surface area contributed by atoms with E-state index in [1.807, 2.05) is 24.3 Å². The van der Waals surface area contributed by atoms with E-state index in [0.29, 0.717) is 19.6 Å². The Morgan fingerprint density at radius 2 is 1.96 bits per heavy atom. The number of ketones is 1. The van der Waals surface area contributed by atoms with Gasteiger partial charge in [-0.25, -0.2) is 0 Å². The highest BCUT2D eigenvalue weighted by Crippen LogP contribution is 2.37. The Kier molecular flexibility index (Phi) is 4.02. The molecule has 24 heavy (non-hydrogen) atoms. The lowest BCUT2D eigenvalue weighted by molar-refractivity contribution is 0.0764. The van der Waals surface area contributed by atoms with E-state index in [2.05, 4.69) is 51.8 Å². The van der Waals surface area contributed by atoms with E-state index in [-0.39, 0.29) is 11.7 Å². The minimum absolute atomic E-state index is 0.107. The average molecular weight is 384 g/mol. The number of carbonyl (C=O) groups excluding carboxylic acids is 1. The summed E-state index contributed by atoms with van der Waals surface area (Å²) in [6, 6.07) is 16.0. The molecule has 1 unspecified atom stereocenters. The van der Waals surface area contributed by atoms with E-state index in [1.165, 1.54) is 22.2 Å². The largest absolute Gasteiger partial charge is 0.375 e. The van der Waals surface area contributed by atoms with Gasteiger partial charge in [0, 0.05) is 46.0 Å². The Hall–Kier alpha value is -1.91. The lowest BCUT2D eigenvalue weighted by atomic mass is 9.89. The van der Waals surface area contributed by atoms with Gasteiger partial charge < -0.3 is 9.30 Å². The number of Topliss-reactive ketones (excluding diaryl/α,β-unsaturated/α-hetero) is 1. The molecule has 122 valence electrons. The number of rotatable bonds is 3. The van der Waals surface area contributed by atoms with E-state index >= 15 is 0 Å². The van der Waals surface area contributed by atoms with Crippen molar-refractivity contribution < 1.29 is 9.53 Å². The second-order valence-electron chi connectivity index (χ2n) is 6.28. The molecule has 2 heterocycles. The maximum absolute atomic E-state index is 12.7. The molecule has 1 aromatic heterocycles. The van der Waals surface area contributed by atoms with Gasteiger partial charge in [-0.2, -0.15) is 0 Å². The van der Waals surface area contributed by atoms with Crippen LogP contribution in [0.4, 0.5) is 0 Å². The molecule has 1 aliphatic heterocycles. The van der Waals surface area contributed by atoms with Gasteiger partial charge in [0.1, 0.15) is 0 Å². The Morgan fingerprint density at radius 1 is 1.21 bits per heavy atom. The van der Waals surface area contributed by atoms with Gasteiger partial charge in [-0.3, -0.25) is 4.79 Å². The summed E-state index contributed by atoms with van der Waals surface area (Å²) in [7, 11) is 2.07. The molecular weight excluding hydrogens is 366 g/mol. The fourth-order valence-corrected chi connectivity index (χ4v) is 3.89. The third-order valence-corrected chi connectivity index (χ3v) is 5.36. The van der Waals surface area contributed by atoms with Crippen LogP contribution in [-0.2, 0) is 18.4 Å². The van der Waals surface area contributed by atoms with E-state index in [1.54, 1.807) is 0 Å². The van der Waals surface area contributed by atoms with Gasteiger partial charge in [0.15, 0.2) is 5.78 Å². The van der Waals surface area contributed by atoms with Crippen molar-refractivity contribution in [2.75, 3.05) is 6.61 Å². The molecule has 0 fully saturated rings. The maximum Gasteiger partial charge on any atom is 0.163 e. The zero-order valence-corrected chi connectivity index (χ0v) is 15.0. The normalized spacial score (nSPS) is 17.0. The molecule has 3 nitrogen and oxygen atoms in total. The summed E-state index contributed by atoms with van der Waals surface area (Å²) in [4.78, 5) is 12.7. The third kappa shape index (κ3) is 2.60. The number of fused-ring (bicyclic) bond motifs is 3. The summed E-state index contributed by atoms with van der Waals surface area (Å²) in [6.07, 6.45) is 0.475. The summed E-state index contributed by atoms with van der Waals surface area (Å²) in [5, 5.41) is 1.24. The van der Waals surface area contributed by atoms with Gasteiger partial charge in [0.05, 0.1) is 13.2 Å². The van der Waals surface area contributed by atoms with Crippen molar-refractivity contribution in [1.82, 2.24) is 4.57 Å². The highest BCUT2D eigenvalue weighted by atomic mass is 79.9. The Morgan fingerprint density at radius 3 is 2.75 bits per heavy atom. The van der Waals surface area contributed by atoms with Crippen LogP contribution in [0.5, 0.6) is 0 Å². The van der Waals surface area contributed by atoms with Crippen LogP contribution in [-0.4, -0.2) is 17.0 Å². The SMILES string of the molecule is Cn1c2c(c3ccccc31)C(CC(=O)c1ccc(Br)cc1)COC2. The number of para-hydroxylation sites is 1. The monoisotopic (exact) mass is 383 g/mol. The first-order valence-electron chi connectivity index (χ1n) is 8.08. The third-order valence-electron chi connectivity index (χ3n) is 4.84. The fourth-order valence-electron chi connectivity index (χ4n) is 3.63. The van der Waals surface area contributed by atoms with Crippen molar-refractivity contribution in [2.24, 2.45) is 7.05 Å². The number of hydrogen-bond acceptors (Lipinski definition) is 2. The summed E-state index contributed by atoms with van der Waals surface area (Å²) in [5.74, 6) is 0.271. The van der Waals surface area contributed by atoms with Crippen molar-refractivity contribution in [3.63, 3.8) is 0 Å². The minimum Gasteiger partial charge on any atom is -0.375 e. The second kappa shape index (κ2) is 6.19. The predicted molar refractivity (Wildman–Crippen MR) is 98.4 cm³/mol. The van der Waals surface area contributed by atoms with Crippen LogP contribution in [0, 0.1) is 0 Å². The number of benzene rings is 2. The average Bonchev–Trinajstić information content (AvgIpc) is 2.90. The summed E-state index contributed by atoms with van der Waals surface area (Å²) in [6.45, 7) is 1.22. The summed E-state index contributed by atoms with van der Waals surface area (Å²) >= 11 is 3.41. The van der Waals surface area contributed by atoms with Gasteiger partial charge in [-0.1, -0.05) is 46.3 Å². The Labute approximate surface area is 149 Å². The van der Waals surface area contributed by atoms with Crippen molar-refractivity contribution in [3.05, 3.63) is 69.8 Å². The molecule has 0 amide bonds. The van der Waals surface area contributed by atoms with Crippen LogP contribution < -0.4 is 0 Å². The fraction of sp³-hybridized carbons (Fsp3) is 0.250. The molecule has 0 N–H and O–H groups in total. The van der Waals surface area contributed by atoms with Crippen molar-refractivity contribution in [1.29, 1.82) is 0 Å². The number of hydrogen-bond donors (Lipinski definition) is 0. The number of aryl methyl sites for hydroxylation is 1. The Balaban J connectivity index is 1.70. The zero-order valence-electron chi connectivity index (χ0n) is 13.5. The smallest absolute Gasteiger partial charge is 0.163 e. The maximum atomic E-state index is 12.7. The van der Waals surface area contributed by atoms with Crippen molar-refractivity contribution in [3.8, 4) is 0 Å². The molecular formula is C20H18BrNO2. The zero-order chi connectivity index (χ0) is 16.7. The molecule has 1 atom stereocenters. The van der Waals surface area contributed by atoms with Crippen molar-refractivity contribution >= 4 is 32.6 Å². The molecule has 1 aliphatic rings. The minimum atomic E-state index is 0.107. The molecule has 0 bridgehead atoms. The molecule has 0 radical (unpaired) electrons. The lowest BCUT2D eigenvalue weighted by Gasteiger charge is -2.24. The van der Waals surface area contributed by atoms with Gasteiger partial charge in [-0.05, 0) is 23.8 Å². The van der Waals surface area contributed by atoms with Gasteiger partial charge >= 0.3 is 0 Å². The van der Waals surface area contributed by atoms with Gasteiger partial charge in [0.25, 0.3) is 0 Å². The Bertz CT molecular complexity index is 911. The predicted octanol–water partition coefficient (Wildman–Crippen LogP) is 4.83. The van der Waals surface area contributed by atoms with E-state index in [9.17, 15) is 4.79 Å². The van der Waals surface area contributed by atoms with Crippen LogP contribution in [0.2, 0.25) is 0 Å². The first-order valence-corrected chi connectivity index (χ1v) is 8.87. The number of ether oxygens (including phenoxy) is 1. The molecule has 0 spiro atoms. The van der Waals surface area contributed by atoms with E-state index in [0.717, 1.165) is 10.0 Å². The lowest BCUT2D eigenvalue weighted by Crippen LogP contribution is -2.20. The summed E-state index contributed by atoms with van der Waals surface area (Å²) < 4.78 is 8.97. The number of nitrogens with zero attached hydrogens (tertiary/aromatic N) is 1. The van der Waals surface area contributed by atoms with Crippen LogP contribution in [0.1, 0.15) is 34.0 Å². The van der Waals surface area contributed by atoms with Gasteiger partial charge in [0.2, 0.25) is 0 Å². The van der Waals surface area contributed by atoms with Crippen LogP contribution in [0.15, 0.2) is 53.0 Å². The van der Waals surface area contributed by atoms with Crippen LogP contribution >= 0.6 is 15.9 Å². The molecule has 0 saturated carbocycles. The molecule has 0 aliphatic carbocycles. The van der Waals surface area contributed by atoms with Crippen LogP contribution in [0.3, 0.4) is 0 Å². The first kappa shape index (κ1) is 15.6. The van der Waals surface area contributed by atoms with Gasteiger partial charge in [-0.15, -0.1) is 0 Å². The second-order valence-corrected chi connectivity index (χ2v) is 7.20. The van der Waals surface area contributed by atoms with E-state index in [4.69, 9.17) is 4.74 Å². The van der Waals surface area contributed by atoms with Crippen LogP contribution in [0.25, 0.3) is 10.9 Å². The molecule has 0 saturated heterocycles. The topological polar surface area (TPSA) is 31.2 Å². The molecule has 4 heteroatoms. The molecule has 3 aromatic rings. The number of halogens is 1. The number of carbonyl (C=O) groups is 1. The first-order chi connectivity index (χ1) is 11.6. The standard InChI is InChI=1S/C20H18BrNO2/c1-22-17-5-3-2-4-16(17)20-14(11-24-12-18(20)22)10-19(23)13-6-8-15(21)9-7-13/h2-9,14H,10-12H2,1H3. The highest BCUT2D eigenvalue weighted by Gasteiger charge is 2.28. The quantitative estimate of drug-likeness (QED) is 0.606. The molecule has 2 aromatic carbocycles.